The summed E-state index contributed by atoms with van der Waals surface area (Å²) in [6, 6.07) is -0.361. The number of rotatable bonds is 3. The van der Waals surface area contributed by atoms with Crippen molar-refractivity contribution in [1.29, 1.82) is 0 Å². The summed E-state index contributed by atoms with van der Waals surface area (Å²) in [6.07, 6.45) is 4.06. The van der Waals surface area contributed by atoms with Crippen LogP contribution in [0.3, 0.4) is 0 Å². The van der Waals surface area contributed by atoms with E-state index < -0.39 is 6.04 Å². The predicted octanol–water partition coefficient (Wildman–Crippen LogP) is 0.239. The van der Waals surface area contributed by atoms with Gasteiger partial charge in [-0.05, 0) is 19.8 Å². The minimum atomic E-state index is -0.500. The number of amides is 2. The van der Waals surface area contributed by atoms with E-state index in [2.05, 4.69) is 5.32 Å². The van der Waals surface area contributed by atoms with Crippen molar-refractivity contribution in [2.75, 3.05) is 7.05 Å². The summed E-state index contributed by atoms with van der Waals surface area (Å²) in [4.78, 5) is 24.7. The van der Waals surface area contributed by atoms with Gasteiger partial charge in [-0.3, -0.25) is 9.59 Å². The second kappa shape index (κ2) is 6.00. The van der Waals surface area contributed by atoms with E-state index in [4.69, 9.17) is 5.73 Å². The molecule has 5 nitrogen and oxygen atoms in total. The van der Waals surface area contributed by atoms with Crippen molar-refractivity contribution >= 4 is 11.8 Å². The molecule has 0 saturated heterocycles. The molecule has 2 amide bonds. The molecule has 0 aromatic rings. The lowest BCUT2D eigenvalue weighted by molar-refractivity contribution is -0.132. The molecular weight excluding hydrogens is 218 g/mol. The third-order valence-corrected chi connectivity index (χ3v) is 3.46. The summed E-state index contributed by atoms with van der Waals surface area (Å²) < 4.78 is 0. The van der Waals surface area contributed by atoms with Crippen LogP contribution in [0.4, 0.5) is 0 Å². The number of likely N-dealkylation sites (N-methyl/N-ethyl adjacent to an activating group) is 1. The Bertz CT molecular complexity index is 291. The normalized spacial score (nSPS) is 26.1. The van der Waals surface area contributed by atoms with Gasteiger partial charge in [0, 0.05) is 20.0 Å². The first kappa shape index (κ1) is 14.0. The maximum absolute atomic E-state index is 11.6. The molecule has 3 atom stereocenters. The van der Waals surface area contributed by atoms with E-state index in [9.17, 15) is 9.59 Å². The number of hydrogen-bond donors (Lipinski definition) is 2. The topological polar surface area (TPSA) is 75.4 Å². The Hall–Kier alpha value is -1.10. The first-order valence-corrected chi connectivity index (χ1v) is 6.23. The Morgan fingerprint density at radius 3 is 2.47 bits per heavy atom. The average Bonchev–Trinajstić information content (AvgIpc) is 2.28. The van der Waals surface area contributed by atoms with Crippen molar-refractivity contribution in [2.45, 2.75) is 57.7 Å². The minimum absolute atomic E-state index is 0.0381. The first-order valence-electron chi connectivity index (χ1n) is 6.23. The second-order valence-corrected chi connectivity index (χ2v) is 4.89. The number of nitrogens with zero attached hydrogens (tertiary/aromatic N) is 1. The fourth-order valence-corrected chi connectivity index (χ4v) is 2.29. The zero-order valence-electron chi connectivity index (χ0n) is 10.9. The van der Waals surface area contributed by atoms with Crippen LogP contribution in [-0.2, 0) is 9.59 Å². The van der Waals surface area contributed by atoms with Gasteiger partial charge >= 0.3 is 0 Å². The van der Waals surface area contributed by atoms with Gasteiger partial charge in [-0.25, -0.2) is 0 Å². The van der Waals surface area contributed by atoms with E-state index >= 15 is 0 Å². The van der Waals surface area contributed by atoms with E-state index in [1.54, 1.807) is 25.8 Å². The molecule has 1 fully saturated rings. The van der Waals surface area contributed by atoms with Gasteiger partial charge in [0.15, 0.2) is 0 Å². The highest BCUT2D eigenvalue weighted by molar-refractivity contribution is 5.81. The standard InChI is InChI=1S/C12H23N3O2/c1-8(13)12(17)14-10-6-4-5-7-11(10)15(3)9(2)16/h8,10-11H,4-7,13H2,1-3H3,(H,14,17)/t8-,10-,11-/m0/s1. The second-order valence-electron chi connectivity index (χ2n) is 4.89. The number of carbonyl (C=O) groups excluding carboxylic acids is 2. The third kappa shape index (κ3) is 3.70. The van der Waals surface area contributed by atoms with Crippen LogP contribution in [0.2, 0.25) is 0 Å². The SMILES string of the molecule is CC(=O)N(C)[C@H]1CCCC[C@@H]1NC(=O)[C@H](C)N. The lowest BCUT2D eigenvalue weighted by Crippen LogP contribution is -2.55. The molecule has 0 unspecified atom stereocenters. The highest BCUT2D eigenvalue weighted by atomic mass is 16.2. The quantitative estimate of drug-likeness (QED) is 0.743. The molecule has 0 spiro atoms. The fourth-order valence-electron chi connectivity index (χ4n) is 2.29. The Labute approximate surface area is 103 Å². The van der Waals surface area contributed by atoms with Crippen molar-refractivity contribution < 1.29 is 9.59 Å². The van der Waals surface area contributed by atoms with Crippen LogP contribution in [0.1, 0.15) is 39.5 Å². The van der Waals surface area contributed by atoms with Gasteiger partial charge in [-0.1, -0.05) is 12.8 Å². The number of carbonyl (C=O) groups is 2. The van der Waals surface area contributed by atoms with Gasteiger partial charge in [0.25, 0.3) is 0 Å². The van der Waals surface area contributed by atoms with Gasteiger partial charge in [-0.2, -0.15) is 0 Å². The Morgan fingerprint density at radius 2 is 1.94 bits per heavy atom. The summed E-state index contributed by atoms with van der Waals surface area (Å²) in [5, 5.41) is 2.95. The van der Waals surface area contributed by atoms with Crippen LogP contribution in [0.25, 0.3) is 0 Å². The minimum Gasteiger partial charge on any atom is -0.350 e. The van der Waals surface area contributed by atoms with E-state index in [1.807, 2.05) is 0 Å². The largest absolute Gasteiger partial charge is 0.350 e. The lowest BCUT2D eigenvalue weighted by Gasteiger charge is -2.38. The summed E-state index contributed by atoms with van der Waals surface area (Å²) >= 11 is 0. The van der Waals surface area contributed by atoms with Crippen molar-refractivity contribution in [3.8, 4) is 0 Å². The molecule has 17 heavy (non-hydrogen) atoms. The van der Waals surface area contributed by atoms with E-state index in [0.29, 0.717) is 0 Å². The Kier molecular flexibility index (Phi) is 4.93. The molecule has 0 heterocycles. The van der Waals surface area contributed by atoms with E-state index in [1.165, 1.54) is 0 Å². The Balaban J connectivity index is 2.66. The molecule has 3 N–H and O–H groups in total. The third-order valence-electron chi connectivity index (χ3n) is 3.46. The maximum Gasteiger partial charge on any atom is 0.236 e. The van der Waals surface area contributed by atoms with Crippen LogP contribution in [0.15, 0.2) is 0 Å². The molecule has 1 rings (SSSR count). The van der Waals surface area contributed by atoms with Gasteiger partial charge in [0.05, 0.1) is 12.1 Å². The summed E-state index contributed by atoms with van der Waals surface area (Å²) in [6.45, 7) is 3.22. The summed E-state index contributed by atoms with van der Waals surface area (Å²) in [5.74, 6) is -0.101. The molecule has 0 aromatic carbocycles. The highest BCUT2D eigenvalue weighted by Gasteiger charge is 2.31. The summed E-state index contributed by atoms with van der Waals surface area (Å²) in [7, 11) is 1.79. The summed E-state index contributed by atoms with van der Waals surface area (Å²) in [5.41, 5.74) is 5.54. The predicted molar refractivity (Wildman–Crippen MR) is 66.3 cm³/mol. The molecule has 1 aliphatic carbocycles. The van der Waals surface area contributed by atoms with Crippen molar-refractivity contribution in [3.63, 3.8) is 0 Å². The van der Waals surface area contributed by atoms with Crippen LogP contribution < -0.4 is 11.1 Å². The molecule has 1 aliphatic rings. The molecule has 0 aromatic heterocycles. The van der Waals surface area contributed by atoms with Crippen molar-refractivity contribution in [1.82, 2.24) is 10.2 Å². The fraction of sp³-hybridized carbons (Fsp3) is 0.833. The maximum atomic E-state index is 11.6. The van der Waals surface area contributed by atoms with E-state index in [0.717, 1.165) is 25.7 Å². The van der Waals surface area contributed by atoms with Gasteiger partial charge in [-0.15, -0.1) is 0 Å². The zero-order chi connectivity index (χ0) is 13.0. The van der Waals surface area contributed by atoms with Crippen molar-refractivity contribution in [2.24, 2.45) is 5.73 Å². The number of hydrogen-bond acceptors (Lipinski definition) is 3. The molecule has 5 heteroatoms. The zero-order valence-corrected chi connectivity index (χ0v) is 10.9. The van der Waals surface area contributed by atoms with E-state index in [-0.39, 0.29) is 23.9 Å². The number of nitrogens with two attached hydrogens (primary N) is 1. The van der Waals surface area contributed by atoms with Gasteiger partial charge in [0.2, 0.25) is 11.8 Å². The van der Waals surface area contributed by atoms with Crippen molar-refractivity contribution in [3.05, 3.63) is 0 Å². The monoisotopic (exact) mass is 241 g/mol. The van der Waals surface area contributed by atoms with Gasteiger partial charge < -0.3 is 16.0 Å². The van der Waals surface area contributed by atoms with Crippen LogP contribution >= 0.6 is 0 Å². The van der Waals surface area contributed by atoms with Crippen LogP contribution in [0, 0.1) is 0 Å². The average molecular weight is 241 g/mol. The first-order chi connectivity index (χ1) is 7.93. The Morgan fingerprint density at radius 1 is 1.35 bits per heavy atom. The molecule has 0 radical (unpaired) electrons. The highest BCUT2D eigenvalue weighted by Crippen LogP contribution is 2.22. The lowest BCUT2D eigenvalue weighted by atomic mass is 9.89. The molecule has 0 bridgehead atoms. The molecule has 0 aliphatic heterocycles. The van der Waals surface area contributed by atoms with Gasteiger partial charge in [0.1, 0.15) is 0 Å². The smallest absolute Gasteiger partial charge is 0.236 e. The van der Waals surface area contributed by atoms with Crippen LogP contribution in [0.5, 0.6) is 0 Å². The molecular formula is C12H23N3O2. The molecule has 1 saturated carbocycles. The van der Waals surface area contributed by atoms with Crippen LogP contribution in [-0.4, -0.2) is 41.9 Å². The number of nitrogens with one attached hydrogen (secondary N) is 1. The molecule has 98 valence electrons.